The molecule has 29 heteroatoms. The van der Waals surface area contributed by atoms with E-state index < -0.39 is 99.3 Å². The van der Waals surface area contributed by atoms with Crippen LogP contribution in [0.2, 0.25) is 0 Å². The number of carbonyl (C=O) groups is 2. The number of hydrogen-bond acceptors (Lipinski definition) is 23. The number of anilines is 1. The van der Waals surface area contributed by atoms with E-state index in [4.69, 9.17) is 56.7 Å². The molecule has 96 heavy (non-hydrogen) atoms. The fraction of sp³-hybridized carbons (Fsp3) is 0.478. The van der Waals surface area contributed by atoms with Crippen LogP contribution in [0, 0.1) is 0 Å². The Morgan fingerprint density at radius 3 is 1.44 bits per heavy atom. The van der Waals surface area contributed by atoms with Crippen LogP contribution < -0.4 is 36.1 Å². The summed E-state index contributed by atoms with van der Waals surface area (Å²) in [7, 11) is 0. The maximum atomic E-state index is 17.5. The number of imidazole rings is 1. The van der Waals surface area contributed by atoms with Crippen LogP contribution in [-0.2, 0) is 48.2 Å². The number of rotatable bonds is 32. The van der Waals surface area contributed by atoms with Gasteiger partial charge in [-0.25, -0.2) is 52.0 Å². The average molecular weight is 1410 g/mol. The Labute approximate surface area is 562 Å². The van der Waals surface area contributed by atoms with Crippen molar-refractivity contribution in [1.29, 1.82) is 0 Å². The number of nitrogen functional groups attached to an aromatic ring is 1. The van der Waals surface area contributed by atoms with E-state index in [9.17, 15) is 19.2 Å². The van der Waals surface area contributed by atoms with Crippen molar-refractivity contribution in [2.45, 2.75) is 177 Å². The summed E-state index contributed by atoms with van der Waals surface area (Å²) in [4.78, 5) is 64.0. The van der Waals surface area contributed by atoms with Gasteiger partial charge in [-0.15, -0.1) is 0 Å². The van der Waals surface area contributed by atoms with Gasteiger partial charge in [-0.2, -0.15) is 0 Å². The topological polar surface area (TPSA) is 282 Å². The Kier molecular flexibility index (Phi) is 26.3. The predicted molar refractivity (Wildman–Crippen MR) is 358 cm³/mol. The van der Waals surface area contributed by atoms with Gasteiger partial charge in [0.25, 0.3) is 0 Å². The normalized spacial score (nSPS) is 23.5. The van der Waals surface area contributed by atoms with Gasteiger partial charge in [0.05, 0.1) is 43.9 Å². The summed E-state index contributed by atoms with van der Waals surface area (Å²) in [6.07, 6.45) is 7.17. The van der Waals surface area contributed by atoms with E-state index in [2.05, 4.69) is 28.8 Å². The van der Waals surface area contributed by atoms with Crippen LogP contribution in [0.15, 0.2) is 136 Å². The maximum Gasteiger partial charge on any atom is 0.424 e. The van der Waals surface area contributed by atoms with Gasteiger partial charge in [0, 0.05) is 23.8 Å². The van der Waals surface area contributed by atoms with Gasteiger partial charge in [0.15, 0.2) is 36.3 Å². The van der Waals surface area contributed by atoms with Crippen molar-refractivity contribution in [1.82, 2.24) is 24.1 Å². The summed E-state index contributed by atoms with van der Waals surface area (Å²) in [6.45, 7) is -5.54. The number of fused-ring (bicyclic) bond motifs is 3. The third kappa shape index (κ3) is 19.7. The minimum absolute atomic E-state index is 0.0109. The molecule has 0 bridgehead atoms. The molecule has 6 heterocycles. The molecule has 3 aromatic heterocycles. The Morgan fingerprint density at radius 1 is 0.562 bits per heavy atom. The first kappa shape index (κ1) is 72.0. The molecule has 0 spiro atoms. The van der Waals surface area contributed by atoms with Crippen LogP contribution >= 0.6 is 36.4 Å². The van der Waals surface area contributed by atoms with Crippen molar-refractivity contribution in [2.24, 2.45) is 0 Å². The smallest absolute Gasteiger partial charge is 0.424 e. The molecular weight excluding hydrogens is 1320 g/mol. The van der Waals surface area contributed by atoms with Gasteiger partial charge in [0.2, 0.25) is 0 Å². The quantitative estimate of drug-likeness (QED) is 0.0177. The summed E-state index contributed by atoms with van der Waals surface area (Å²) >= 11 is 1.24. The van der Waals surface area contributed by atoms with Gasteiger partial charge in [-0.05, 0) is 120 Å². The van der Waals surface area contributed by atoms with Crippen molar-refractivity contribution in [2.75, 3.05) is 32.2 Å². The number of unbranched alkanes of at least 4 members (excludes halogenated alkanes) is 14. The highest BCUT2D eigenvalue weighted by atomic mass is 32.7. The monoisotopic (exact) mass is 1400 g/mol. The van der Waals surface area contributed by atoms with Crippen LogP contribution in [0.4, 0.5) is 14.6 Å². The second-order valence-corrected chi connectivity index (χ2v) is 31.5. The molecule has 3 fully saturated rings. The second-order valence-electron chi connectivity index (χ2n) is 23.4. The van der Waals surface area contributed by atoms with Crippen molar-refractivity contribution in [3.05, 3.63) is 165 Å². The highest BCUT2D eigenvalue weighted by Crippen LogP contribution is 2.67. The van der Waals surface area contributed by atoms with Crippen LogP contribution in [0.1, 0.15) is 161 Å². The first-order valence-electron chi connectivity index (χ1n) is 32.6. The van der Waals surface area contributed by atoms with E-state index in [0.717, 1.165) is 44.3 Å². The molecule has 0 amide bonds. The highest BCUT2D eigenvalue weighted by Gasteiger charge is 2.55. The molecule has 516 valence electrons. The molecule has 3 saturated heterocycles. The number of nitrogens with two attached hydrogens (primary N) is 1. The molecule has 0 radical (unpaired) electrons. The van der Waals surface area contributed by atoms with Crippen molar-refractivity contribution in [3.8, 4) is 23.0 Å². The first-order chi connectivity index (χ1) is 46.6. The third-order valence-electron chi connectivity index (χ3n) is 16.3. The van der Waals surface area contributed by atoms with Gasteiger partial charge in [0.1, 0.15) is 59.3 Å². The molecule has 3 aliphatic heterocycles. The first-order valence-corrected chi connectivity index (χ1v) is 38.8. The third-order valence-corrected chi connectivity index (χ3v) is 23.6. The lowest BCUT2D eigenvalue weighted by atomic mass is 10.1. The SMILES string of the molecule is CCCCCCCCCCOc1ccc(C(=O)Oc2ccc(CSP3(=O)OC[C@H]4O[C@@H](n5cnc6c(N)ncnc65)C(F)[C@H]4OP(=O)(SCc4ccc(OC(=O)c5ccc(OCCCCCCCCCC)cc5)cc4)OC[C@H]4O[C@@H](n5ccc(=O)oc5=O)C(F)[C@H]4O3)cc2)cc1. The number of aromatic nitrogens is 5. The molecule has 23 nitrogen and oxygen atoms in total. The number of halogens is 2. The largest absolute Gasteiger partial charge is 0.494 e. The molecule has 0 saturated carbocycles. The number of ether oxygens (including phenoxy) is 6. The predicted octanol–water partition coefficient (Wildman–Crippen LogP) is 15.1. The Morgan fingerprint density at radius 2 is 0.990 bits per heavy atom. The van der Waals surface area contributed by atoms with Gasteiger partial charge < -0.3 is 38.6 Å². The van der Waals surface area contributed by atoms with E-state index in [1.807, 2.05) is 0 Å². The summed E-state index contributed by atoms with van der Waals surface area (Å²) in [6, 6.07) is 26.7. The number of nitrogens with zero attached hydrogens (tertiary/aromatic N) is 5. The van der Waals surface area contributed by atoms with Gasteiger partial charge >= 0.3 is 36.9 Å². The summed E-state index contributed by atoms with van der Waals surface area (Å²) in [5.41, 5.74) is 6.86. The molecule has 3 aliphatic rings. The minimum atomic E-state index is -4.74. The van der Waals surface area contributed by atoms with Gasteiger partial charge in [-0.1, -0.05) is 128 Å². The molecule has 0 aliphatic carbocycles. The standard InChI is InChI=1S/C67H80F2N6O17P2S2/c1-3-5-7-9-11-13-15-17-37-82-49-31-23-47(24-32-49)65(77)86-51-27-19-45(20-28-51)41-95-93(80)85-40-54-60(57(69)64(89-54)75-44-73-58-61(70)71-43-72-62(58)75)92-94(81,84-39-53-59(91-93)56(68)63(88-53)74-36-35-55(76)90-67(74)79)96-42-46-21-29-52(30-22-46)87-66(78)48-25-33-50(34-26-48)83-38-18-16-14-12-10-8-6-4-2/h19-36,43-44,53-54,56-57,59-60,63-64H,3-18,37-42H2,1-2H3,(H2,70,71,72)/t53-,54-,56?,57?,59+,60+,63-,64-,93?,94?/m1/s1. The molecular formula is C67H80F2N6O17P2S2. The lowest BCUT2D eigenvalue weighted by Crippen LogP contribution is -2.37. The van der Waals surface area contributed by atoms with Crippen LogP contribution in [0.3, 0.4) is 0 Å². The van der Waals surface area contributed by atoms with E-state index >= 15 is 17.9 Å². The zero-order valence-electron chi connectivity index (χ0n) is 53.4. The lowest BCUT2D eigenvalue weighted by Gasteiger charge is -2.30. The second kappa shape index (κ2) is 35.1. The number of carbonyl (C=O) groups excluding carboxylic acids is 2. The highest BCUT2D eigenvalue weighted by molar-refractivity contribution is 8.55. The Hall–Kier alpha value is -6.77. The van der Waals surface area contributed by atoms with E-state index in [1.54, 1.807) is 72.8 Å². The summed E-state index contributed by atoms with van der Waals surface area (Å²) in [5.74, 6) is -1.15. The van der Waals surface area contributed by atoms with Crippen molar-refractivity contribution >= 4 is 65.3 Å². The Balaban J connectivity index is 0.825. The van der Waals surface area contributed by atoms with Crippen LogP contribution in [0.25, 0.3) is 11.2 Å². The van der Waals surface area contributed by atoms with Crippen molar-refractivity contribution in [3.63, 3.8) is 0 Å². The number of hydrogen-bond donors (Lipinski definition) is 1. The molecule has 4 unspecified atom stereocenters. The lowest BCUT2D eigenvalue weighted by molar-refractivity contribution is -0.0570. The van der Waals surface area contributed by atoms with E-state index in [1.165, 1.54) is 112 Å². The summed E-state index contributed by atoms with van der Waals surface area (Å²) < 4.78 is 132. The summed E-state index contributed by atoms with van der Waals surface area (Å²) in [5, 5.41) is 0. The van der Waals surface area contributed by atoms with Crippen LogP contribution in [0.5, 0.6) is 23.0 Å². The van der Waals surface area contributed by atoms with E-state index in [-0.39, 0.29) is 40.0 Å². The van der Waals surface area contributed by atoms with Gasteiger partial charge in [-0.3, -0.25) is 27.2 Å². The number of esters is 2. The molecule has 10 rings (SSSR count). The zero-order chi connectivity index (χ0) is 67.4. The Bertz CT molecular complexity index is 3870. The average Bonchev–Trinajstić information content (AvgIpc) is 1.60. The zero-order valence-corrected chi connectivity index (χ0v) is 56.9. The fourth-order valence-electron chi connectivity index (χ4n) is 11.0. The molecule has 4 aromatic carbocycles. The number of alkyl halides is 2. The fourth-order valence-corrected chi connectivity index (χ4v) is 17.7. The van der Waals surface area contributed by atoms with Crippen LogP contribution in [-0.4, -0.2) is 99.2 Å². The number of benzene rings is 4. The maximum absolute atomic E-state index is 17.5. The van der Waals surface area contributed by atoms with E-state index in [0.29, 0.717) is 74.3 Å². The molecule has 2 N–H and O–H groups in total. The molecule has 7 aromatic rings. The van der Waals surface area contributed by atoms with Crippen molar-refractivity contribution < 1.29 is 78.4 Å². The minimum Gasteiger partial charge on any atom is -0.494 e. The molecule has 10 atom stereocenters.